The highest BCUT2D eigenvalue weighted by atomic mass is 35.5. The molecule has 2 aromatic carbocycles. The minimum atomic E-state index is -1.19. The van der Waals surface area contributed by atoms with Gasteiger partial charge in [-0.25, -0.2) is 4.79 Å². The van der Waals surface area contributed by atoms with Crippen LogP contribution >= 0.6 is 34.9 Å². The third-order valence-electron chi connectivity index (χ3n) is 3.36. The van der Waals surface area contributed by atoms with Gasteiger partial charge in [0.1, 0.15) is 21.4 Å². The molecule has 0 saturated heterocycles. The van der Waals surface area contributed by atoms with Crippen LogP contribution in [0.2, 0.25) is 4.34 Å². The van der Waals surface area contributed by atoms with Gasteiger partial charge in [0.2, 0.25) is 0 Å². The monoisotopic (exact) mass is 393 g/mol. The molecule has 128 valence electrons. The van der Waals surface area contributed by atoms with Crippen molar-refractivity contribution in [3.8, 4) is 22.6 Å². The van der Waals surface area contributed by atoms with Gasteiger partial charge in [-0.2, -0.15) is 0 Å². The number of halogens is 1. The summed E-state index contributed by atoms with van der Waals surface area (Å²) in [5.74, 6) is -1.34. The summed E-state index contributed by atoms with van der Waals surface area (Å²) in [4.78, 5) is 10.9. The summed E-state index contributed by atoms with van der Waals surface area (Å²) in [5.41, 5.74) is 1.79. The molecule has 0 atom stereocenters. The van der Waals surface area contributed by atoms with Crippen LogP contribution in [0, 0.1) is 0 Å². The van der Waals surface area contributed by atoms with Crippen LogP contribution < -0.4 is 4.72 Å². The third-order valence-corrected chi connectivity index (χ3v) is 5.67. The molecule has 1 aromatic heterocycles. The van der Waals surface area contributed by atoms with Gasteiger partial charge >= 0.3 is 5.97 Å². The van der Waals surface area contributed by atoms with Crippen molar-refractivity contribution >= 4 is 46.5 Å². The van der Waals surface area contributed by atoms with Crippen molar-refractivity contribution in [2.45, 2.75) is 4.21 Å². The standard InChI is InChI=1S/C17H12ClNO4S2/c18-16-12(10-3-1-2-4-13(10)20)8-15(24-16)25-19-9-5-6-11(17(22)23)14(21)7-9/h1-8,19-21H,(H,22,23). The van der Waals surface area contributed by atoms with E-state index in [1.807, 2.05) is 12.1 Å². The van der Waals surface area contributed by atoms with Gasteiger partial charge in [-0.3, -0.25) is 0 Å². The molecule has 0 amide bonds. The number of phenols is 2. The Balaban J connectivity index is 1.77. The number of rotatable bonds is 5. The Morgan fingerprint density at radius 1 is 1.04 bits per heavy atom. The largest absolute Gasteiger partial charge is 0.507 e. The number of aromatic carboxylic acids is 1. The summed E-state index contributed by atoms with van der Waals surface area (Å²) in [6.07, 6.45) is 0. The van der Waals surface area contributed by atoms with Crippen LogP contribution in [0.4, 0.5) is 5.69 Å². The summed E-state index contributed by atoms with van der Waals surface area (Å²) < 4.78 is 4.43. The maximum absolute atomic E-state index is 10.9. The number of benzene rings is 2. The molecule has 5 nitrogen and oxygen atoms in total. The zero-order chi connectivity index (χ0) is 18.0. The zero-order valence-electron chi connectivity index (χ0n) is 12.6. The molecule has 25 heavy (non-hydrogen) atoms. The van der Waals surface area contributed by atoms with Gasteiger partial charge < -0.3 is 20.0 Å². The smallest absolute Gasteiger partial charge is 0.339 e. The molecule has 3 rings (SSSR count). The average Bonchev–Trinajstić information content (AvgIpc) is 2.94. The first kappa shape index (κ1) is 17.5. The second-order valence-electron chi connectivity index (χ2n) is 5.01. The minimum absolute atomic E-state index is 0.154. The Labute approximate surface area is 156 Å². The van der Waals surface area contributed by atoms with E-state index in [4.69, 9.17) is 16.7 Å². The van der Waals surface area contributed by atoms with E-state index in [9.17, 15) is 15.0 Å². The fourth-order valence-electron chi connectivity index (χ4n) is 2.17. The highest BCUT2D eigenvalue weighted by molar-refractivity contribution is 8.02. The summed E-state index contributed by atoms with van der Waals surface area (Å²) in [6.45, 7) is 0. The second kappa shape index (κ2) is 7.26. The topological polar surface area (TPSA) is 89.8 Å². The molecular weight excluding hydrogens is 382 g/mol. The second-order valence-corrected chi connectivity index (χ2v) is 7.77. The lowest BCUT2D eigenvalue weighted by Crippen LogP contribution is -1.97. The molecule has 0 saturated carbocycles. The molecule has 0 spiro atoms. The molecule has 0 fully saturated rings. The zero-order valence-corrected chi connectivity index (χ0v) is 15.0. The van der Waals surface area contributed by atoms with Gasteiger partial charge in [0.15, 0.2) is 0 Å². The number of anilines is 1. The van der Waals surface area contributed by atoms with E-state index in [1.165, 1.54) is 35.4 Å². The van der Waals surface area contributed by atoms with Crippen LogP contribution in [0.1, 0.15) is 10.4 Å². The molecular formula is C17H12ClNO4S2. The van der Waals surface area contributed by atoms with Crippen molar-refractivity contribution in [1.29, 1.82) is 0 Å². The summed E-state index contributed by atoms with van der Waals surface area (Å²) in [7, 11) is 0. The first-order valence-electron chi connectivity index (χ1n) is 7.02. The maximum atomic E-state index is 10.9. The quantitative estimate of drug-likeness (QED) is 0.440. The van der Waals surface area contributed by atoms with E-state index in [1.54, 1.807) is 24.3 Å². The van der Waals surface area contributed by atoms with Crippen molar-refractivity contribution in [2.24, 2.45) is 0 Å². The number of para-hydroxylation sites is 1. The number of thiophene rings is 1. The lowest BCUT2D eigenvalue weighted by molar-refractivity contribution is 0.0694. The Hall–Kier alpha value is -2.35. The third kappa shape index (κ3) is 3.84. The van der Waals surface area contributed by atoms with E-state index in [0.29, 0.717) is 15.6 Å². The van der Waals surface area contributed by atoms with Gasteiger partial charge in [0, 0.05) is 22.9 Å². The Bertz CT molecular complexity index is 942. The predicted octanol–water partition coefficient (Wildman–Crippen LogP) is 5.30. The molecule has 0 radical (unpaired) electrons. The molecule has 8 heteroatoms. The summed E-state index contributed by atoms with van der Waals surface area (Å²) >= 11 is 8.90. The molecule has 1 heterocycles. The molecule has 3 aromatic rings. The van der Waals surface area contributed by atoms with Crippen LogP contribution in [0.5, 0.6) is 11.5 Å². The van der Waals surface area contributed by atoms with E-state index in [-0.39, 0.29) is 17.1 Å². The van der Waals surface area contributed by atoms with Gasteiger partial charge in [-0.15, -0.1) is 11.3 Å². The van der Waals surface area contributed by atoms with Gasteiger partial charge in [-0.1, -0.05) is 29.8 Å². The number of hydrogen-bond donors (Lipinski definition) is 4. The van der Waals surface area contributed by atoms with Crippen molar-refractivity contribution in [3.63, 3.8) is 0 Å². The maximum Gasteiger partial charge on any atom is 0.339 e. The lowest BCUT2D eigenvalue weighted by atomic mass is 10.1. The molecule has 0 aliphatic heterocycles. The van der Waals surface area contributed by atoms with Gasteiger partial charge in [-0.05, 0) is 36.2 Å². The summed E-state index contributed by atoms with van der Waals surface area (Å²) in [5, 5.41) is 28.6. The number of nitrogens with one attached hydrogen (secondary N) is 1. The Morgan fingerprint density at radius 2 is 1.80 bits per heavy atom. The van der Waals surface area contributed by atoms with Crippen LogP contribution in [-0.2, 0) is 0 Å². The van der Waals surface area contributed by atoms with E-state index < -0.39 is 5.97 Å². The molecule has 0 unspecified atom stereocenters. The minimum Gasteiger partial charge on any atom is -0.507 e. The number of carboxylic acid groups (broad SMARTS) is 1. The number of hydrogen-bond acceptors (Lipinski definition) is 6. The van der Waals surface area contributed by atoms with E-state index >= 15 is 0 Å². The Morgan fingerprint density at radius 3 is 2.48 bits per heavy atom. The van der Waals surface area contributed by atoms with Gasteiger partial charge in [0.05, 0.1) is 4.21 Å². The molecule has 0 bridgehead atoms. The molecule has 4 N–H and O–H groups in total. The lowest BCUT2D eigenvalue weighted by Gasteiger charge is -2.06. The van der Waals surface area contributed by atoms with Crippen molar-refractivity contribution in [3.05, 3.63) is 58.4 Å². The van der Waals surface area contributed by atoms with E-state index in [2.05, 4.69) is 4.72 Å². The number of carbonyl (C=O) groups is 1. The molecule has 0 aliphatic rings. The predicted molar refractivity (Wildman–Crippen MR) is 101 cm³/mol. The molecule has 0 aliphatic carbocycles. The van der Waals surface area contributed by atoms with Crippen LogP contribution in [0.15, 0.2) is 52.7 Å². The first-order chi connectivity index (χ1) is 12.0. The number of carboxylic acids is 1. The Kier molecular flexibility index (Phi) is 5.08. The average molecular weight is 394 g/mol. The van der Waals surface area contributed by atoms with Crippen LogP contribution in [0.25, 0.3) is 11.1 Å². The van der Waals surface area contributed by atoms with Crippen LogP contribution in [-0.4, -0.2) is 21.3 Å². The summed E-state index contributed by atoms with van der Waals surface area (Å²) in [6, 6.07) is 13.0. The highest BCUT2D eigenvalue weighted by Gasteiger charge is 2.14. The van der Waals surface area contributed by atoms with E-state index in [0.717, 1.165) is 9.77 Å². The SMILES string of the molecule is O=C(O)c1ccc(NSc2cc(-c3ccccc3O)c(Cl)s2)cc1O. The van der Waals surface area contributed by atoms with Gasteiger partial charge in [0.25, 0.3) is 0 Å². The fourth-order valence-corrected chi connectivity index (χ4v) is 4.41. The fraction of sp³-hybridized carbons (Fsp3) is 0. The highest BCUT2D eigenvalue weighted by Crippen LogP contribution is 2.43. The number of aromatic hydroxyl groups is 2. The van der Waals surface area contributed by atoms with Crippen molar-refractivity contribution in [1.82, 2.24) is 0 Å². The van der Waals surface area contributed by atoms with Crippen molar-refractivity contribution < 1.29 is 20.1 Å². The van der Waals surface area contributed by atoms with Crippen molar-refractivity contribution in [2.75, 3.05) is 4.72 Å². The van der Waals surface area contributed by atoms with Crippen LogP contribution in [0.3, 0.4) is 0 Å². The number of phenolic OH excluding ortho intramolecular Hbond substituents is 1. The first-order valence-corrected chi connectivity index (χ1v) is 9.03. The normalized spacial score (nSPS) is 10.6.